The molecule has 0 aliphatic heterocycles. The zero-order valence-electron chi connectivity index (χ0n) is 16.3. The van der Waals surface area contributed by atoms with Gasteiger partial charge in [0, 0.05) is 22.6 Å². The summed E-state index contributed by atoms with van der Waals surface area (Å²) in [5.74, 6) is -0.715. The molecule has 5 rings (SSSR count). The zero-order chi connectivity index (χ0) is 20.2. The van der Waals surface area contributed by atoms with Crippen molar-refractivity contribution in [1.82, 2.24) is 0 Å². The lowest BCUT2D eigenvalue weighted by atomic mass is 9.53. The fraction of sp³-hybridized carbons (Fsp3) is 0.636. The predicted octanol–water partition coefficient (Wildman–Crippen LogP) is 4.37. The number of carbonyl (C=O) groups is 2. The Morgan fingerprint density at radius 2 is 1.75 bits per heavy atom. The topological polar surface area (TPSA) is 77.8 Å². The van der Waals surface area contributed by atoms with Crippen molar-refractivity contribution in [2.24, 2.45) is 16.7 Å². The Labute approximate surface area is 174 Å². The van der Waals surface area contributed by atoms with Crippen LogP contribution in [-0.2, 0) is 9.59 Å². The van der Waals surface area contributed by atoms with Crippen LogP contribution in [0.1, 0.15) is 58.3 Å². The number of benzene rings is 1. The maximum Gasteiger partial charge on any atom is 0.309 e. The van der Waals surface area contributed by atoms with Crippen LogP contribution in [0.25, 0.3) is 0 Å². The lowest BCUT2D eigenvalue weighted by molar-refractivity contribution is -0.158. The van der Waals surface area contributed by atoms with Crippen molar-refractivity contribution in [3.63, 3.8) is 0 Å². The van der Waals surface area contributed by atoms with Crippen LogP contribution < -0.4 is 4.90 Å². The molecular formula is C22H28BrNO4. The Bertz CT molecular complexity index is 773. The summed E-state index contributed by atoms with van der Waals surface area (Å²) in [6.45, 7) is 2.42. The standard InChI is InChI=1S/C22H28BrNO4/c1-20(28)12-15(13-20)18(25)24(17-4-2-3-16(23)11-17)14-21-5-8-22(9-6-21,10-7-21)19(26)27/h2-4,11,15,28H,5-10,12-14H2,1H3,(H,26,27)/t15-,20+,21?,22?. The molecule has 6 heteroatoms. The molecule has 0 spiro atoms. The van der Waals surface area contributed by atoms with Crippen molar-refractivity contribution in [2.75, 3.05) is 11.4 Å². The van der Waals surface area contributed by atoms with E-state index in [-0.39, 0.29) is 17.2 Å². The highest BCUT2D eigenvalue weighted by Crippen LogP contribution is 2.57. The van der Waals surface area contributed by atoms with E-state index in [4.69, 9.17) is 0 Å². The van der Waals surface area contributed by atoms with Crippen molar-refractivity contribution in [3.8, 4) is 0 Å². The lowest BCUT2D eigenvalue weighted by Gasteiger charge is -2.53. The SMILES string of the molecule is C[C@]1(O)C[C@@H](C(=O)N(CC23CCC(C(=O)O)(CC2)CC3)c2cccc(Br)c2)C1. The number of rotatable bonds is 5. The van der Waals surface area contributed by atoms with Gasteiger partial charge in [0.25, 0.3) is 0 Å². The van der Waals surface area contributed by atoms with Crippen molar-refractivity contribution in [1.29, 1.82) is 0 Å². The highest BCUT2D eigenvalue weighted by Gasteiger charge is 2.54. The molecule has 0 unspecified atom stereocenters. The molecule has 0 aromatic heterocycles. The first-order valence-corrected chi connectivity index (χ1v) is 11.0. The second kappa shape index (κ2) is 6.84. The van der Waals surface area contributed by atoms with Gasteiger partial charge in [0.1, 0.15) is 0 Å². The average molecular weight is 450 g/mol. The molecule has 4 aliphatic rings. The molecule has 1 amide bonds. The van der Waals surface area contributed by atoms with Crippen molar-refractivity contribution in [2.45, 2.75) is 63.9 Å². The Morgan fingerprint density at radius 1 is 1.14 bits per heavy atom. The summed E-state index contributed by atoms with van der Waals surface area (Å²) in [4.78, 5) is 27.0. The van der Waals surface area contributed by atoms with Crippen LogP contribution in [0.2, 0.25) is 0 Å². The summed E-state index contributed by atoms with van der Waals surface area (Å²) < 4.78 is 0.929. The largest absolute Gasteiger partial charge is 0.481 e. The first-order chi connectivity index (χ1) is 13.1. The van der Waals surface area contributed by atoms with Gasteiger partial charge in [0.05, 0.1) is 11.0 Å². The van der Waals surface area contributed by atoms with Gasteiger partial charge in [-0.2, -0.15) is 0 Å². The number of carbonyl (C=O) groups excluding carboxylic acids is 1. The molecule has 0 heterocycles. The van der Waals surface area contributed by atoms with Crippen LogP contribution in [0.5, 0.6) is 0 Å². The maximum absolute atomic E-state index is 13.3. The van der Waals surface area contributed by atoms with Gasteiger partial charge in [-0.05, 0) is 81.9 Å². The molecule has 1 aromatic rings. The van der Waals surface area contributed by atoms with Gasteiger partial charge in [-0.15, -0.1) is 0 Å². The van der Waals surface area contributed by atoms with E-state index in [0.717, 1.165) is 29.4 Å². The third-order valence-corrected chi connectivity index (χ3v) is 7.95. The van der Waals surface area contributed by atoms with Gasteiger partial charge in [-0.3, -0.25) is 9.59 Å². The quantitative estimate of drug-likeness (QED) is 0.699. The monoisotopic (exact) mass is 449 g/mol. The molecule has 0 atom stereocenters. The summed E-state index contributed by atoms with van der Waals surface area (Å²) >= 11 is 3.51. The molecule has 4 aliphatic carbocycles. The van der Waals surface area contributed by atoms with E-state index in [0.29, 0.717) is 38.6 Å². The number of aliphatic hydroxyl groups is 1. The number of hydrogen-bond acceptors (Lipinski definition) is 3. The van der Waals surface area contributed by atoms with Gasteiger partial charge < -0.3 is 15.1 Å². The Hall–Kier alpha value is -1.40. The van der Waals surface area contributed by atoms with E-state index in [1.165, 1.54) is 0 Å². The van der Waals surface area contributed by atoms with E-state index in [1.54, 1.807) is 6.92 Å². The Balaban J connectivity index is 1.57. The maximum atomic E-state index is 13.3. The van der Waals surface area contributed by atoms with E-state index >= 15 is 0 Å². The summed E-state index contributed by atoms with van der Waals surface area (Å²) in [6.07, 6.45) is 5.72. The minimum absolute atomic E-state index is 0.00143. The highest BCUT2D eigenvalue weighted by atomic mass is 79.9. The fourth-order valence-corrected chi connectivity index (χ4v) is 5.88. The second-order valence-corrected chi connectivity index (χ2v) is 10.5. The Morgan fingerprint density at radius 3 is 2.25 bits per heavy atom. The molecule has 0 saturated heterocycles. The second-order valence-electron chi connectivity index (χ2n) is 9.59. The number of hydrogen-bond donors (Lipinski definition) is 2. The average Bonchev–Trinajstić information content (AvgIpc) is 2.65. The molecule has 2 N–H and O–H groups in total. The van der Waals surface area contributed by atoms with Gasteiger partial charge >= 0.3 is 5.97 Å². The number of carboxylic acid groups (broad SMARTS) is 1. The number of fused-ring (bicyclic) bond motifs is 3. The van der Waals surface area contributed by atoms with E-state index in [1.807, 2.05) is 29.2 Å². The van der Waals surface area contributed by atoms with Crippen LogP contribution in [0.15, 0.2) is 28.7 Å². The van der Waals surface area contributed by atoms with Crippen LogP contribution in [-0.4, -0.2) is 34.2 Å². The highest BCUT2D eigenvalue weighted by molar-refractivity contribution is 9.10. The number of halogens is 1. The van der Waals surface area contributed by atoms with E-state index < -0.39 is 17.0 Å². The summed E-state index contributed by atoms with van der Waals surface area (Å²) in [5, 5.41) is 19.7. The number of carboxylic acids is 1. The minimum atomic E-state index is -0.738. The van der Waals surface area contributed by atoms with Crippen LogP contribution in [0.3, 0.4) is 0 Å². The molecule has 1 aromatic carbocycles. The normalized spacial score (nSPS) is 36.6. The number of anilines is 1. The molecular weight excluding hydrogens is 422 g/mol. The summed E-state index contributed by atoms with van der Waals surface area (Å²) in [7, 11) is 0. The smallest absolute Gasteiger partial charge is 0.309 e. The van der Waals surface area contributed by atoms with Crippen molar-refractivity contribution in [3.05, 3.63) is 28.7 Å². The van der Waals surface area contributed by atoms with Gasteiger partial charge in [0.15, 0.2) is 0 Å². The molecule has 5 nitrogen and oxygen atoms in total. The number of nitrogens with zero attached hydrogens (tertiary/aromatic N) is 1. The molecule has 4 fully saturated rings. The fourth-order valence-electron chi connectivity index (χ4n) is 5.49. The molecule has 4 saturated carbocycles. The van der Waals surface area contributed by atoms with Crippen molar-refractivity contribution < 1.29 is 19.8 Å². The van der Waals surface area contributed by atoms with Crippen molar-refractivity contribution >= 4 is 33.5 Å². The number of amides is 1. The third-order valence-electron chi connectivity index (χ3n) is 7.46. The van der Waals surface area contributed by atoms with Crippen LogP contribution in [0.4, 0.5) is 5.69 Å². The molecule has 28 heavy (non-hydrogen) atoms. The molecule has 0 radical (unpaired) electrons. The van der Waals surface area contributed by atoms with Gasteiger partial charge in [0.2, 0.25) is 5.91 Å². The Kier molecular flexibility index (Phi) is 4.86. The molecule has 152 valence electrons. The first-order valence-electron chi connectivity index (χ1n) is 10.2. The van der Waals surface area contributed by atoms with E-state index in [2.05, 4.69) is 15.9 Å². The third kappa shape index (κ3) is 3.50. The lowest BCUT2D eigenvalue weighted by Crippen LogP contribution is -2.54. The van der Waals surface area contributed by atoms with E-state index in [9.17, 15) is 19.8 Å². The van der Waals surface area contributed by atoms with Gasteiger partial charge in [-0.25, -0.2) is 0 Å². The predicted molar refractivity (Wildman–Crippen MR) is 110 cm³/mol. The first kappa shape index (κ1) is 19.9. The minimum Gasteiger partial charge on any atom is -0.481 e. The van der Waals surface area contributed by atoms with Crippen LogP contribution in [0, 0.1) is 16.7 Å². The summed E-state index contributed by atoms with van der Waals surface area (Å²) in [6, 6.07) is 7.81. The zero-order valence-corrected chi connectivity index (χ0v) is 17.9. The van der Waals surface area contributed by atoms with Gasteiger partial charge in [-0.1, -0.05) is 22.0 Å². The number of aliphatic carboxylic acids is 1. The van der Waals surface area contributed by atoms with Crippen LogP contribution >= 0.6 is 15.9 Å². The molecule has 2 bridgehead atoms. The summed E-state index contributed by atoms with van der Waals surface area (Å²) in [5.41, 5.74) is -0.403.